The first-order valence-corrected chi connectivity index (χ1v) is 4.80. The van der Waals surface area contributed by atoms with Gasteiger partial charge in [-0.15, -0.1) is 12.4 Å². The van der Waals surface area contributed by atoms with Gasteiger partial charge in [-0.3, -0.25) is 10.1 Å². The van der Waals surface area contributed by atoms with Crippen molar-refractivity contribution >= 4 is 23.3 Å². The van der Waals surface area contributed by atoms with Gasteiger partial charge in [-0.05, 0) is 18.2 Å². The molecule has 0 saturated carbocycles. The summed E-state index contributed by atoms with van der Waals surface area (Å²) in [6.45, 7) is 0. The average molecular weight is 232 g/mol. The van der Waals surface area contributed by atoms with Crippen LogP contribution in [0.15, 0.2) is 48.7 Å². The van der Waals surface area contributed by atoms with Gasteiger partial charge in [-0.2, -0.15) is 5.10 Å². The van der Waals surface area contributed by atoms with Crippen LogP contribution >= 0.6 is 12.4 Å². The molecule has 1 N–H and O–H groups in total. The van der Waals surface area contributed by atoms with Crippen LogP contribution in [0.4, 0.5) is 0 Å². The fourth-order valence-corrected chi connectivity index (χ4v) is 1.66. The third kappa shape index (κ3) is 1.66. The van der Waals surface area contributed by atoms with Gasteiger partial charge in [0.1, 0.15) is 5.69 Å². The van der Waals surface area contributed by atoms with Crippen molar-refractivity contribution in [3.05, 3.63) is 48.7 Å². The Labute approximate surface area is 98.9 Å². The van der Waals surface area contributed by atoms with Crippen molar-refractivity contribution in [3.8, 4) is 11.4 Å². The molecule has 0 saturated heterocycles. The third-order valence-electron chi connectivity index (χ3n) is 2.38. The highest BCUT2D eigenvalue weighted by Gasteiger charge is 2.06. The molecule has 0 unspecified atom stereocenters. The highest BCUT2D eigenvalue weighted by atomic mass is 35.5. The largest absolute Gasteiger partial charge is 0.277 e. The predicted octanol–water partition coefficient (Wildman–Crippen LogP) is 3.05. The van der Waals surface area contributed by atoms with E-state index in [1.165, 1.54) is 0 Å². The number of para-hydroxylation sites is 1. The van der Waals surface area contributed by atoms with E-state index >= 15 is 0 Å². The summed E-state index contributed by atoms with van der Waals surface area (Å²) in [5.41, 5.74) is 2.85. The zero-order valence-electron chi connectivity index (χ0n) is 8.42. The van der Waals surface area contributed by atoms with Crippen LogP contribution in [-0.4, -0.2) is 15.2 Å². The van der Waals surface area contributed by atoms with E-state index in [0.717, 1.165) is 22.3 Å². The normalized spacial score (nSPS) is 10.0. The van der Waals surface area contributed by atoms with Crippen molar-refractivity contribution in [2.45, 2.75) is 0 Å². The Morgan fingerprint density at radius 2 is 1.75 bits per heavy atom. The van der Waals surface area contributed by atoms with Gasteiger partial charge in [0.2, 0.25) is 0 Å². The molecule has 3 aromatic rings. The molecule has 0 fully saturated rings. The van der Waals surface area contributed by atoms with Crippen LogP contribution in [0.2, 0.25) is 0 Å². The molecule has 4 heteroatoms. The summed E-state index contributed by atoms with van der Waals surface area (Å²) in [5, 5.41) is 8.38. The minimum atomic E-state index is 0. The van der Waals surface area contributed by atoms with Crippen LogP contribution < -0.4 is 0 Å². The Bertz CT molecular complexity index is 589. The SMILES string of the molecule is Cl.c1ccc(-c2n[nH]c3ccccc23)nc1. The van der Waals surface area contributed by atoms with Gasteiger partial charge in [-0.1, -0.05) is 24.3 Å². The summed E-state index contributed by atoms with van der Waals surface area (Å²) in [5.74, 6) is 0. The number of hydrogen-bond donors (Lipinski definition) is 1. The van der Waals surface area contributed by atoms with E-state index in [1.54, 1.807) is 6.20 Å². The van der Waals surface area contributed by atoms with Crippen molar-refractivity contribution in [1.29, 1.82) is 0 Å². The molecule has 0 bridgehead atoms. The molecule has 0 amide bonds. The molecule has 80 valence electrons. The zero-order valence-corrected chi connectivity index (χ0v) is 9.24. The van der Waals surface area contributed by atoms with Crippen LogP contribution in [0, 0.1) is 0 Å². The van der Waals surface area contributed by atoms with Crippen molar-refractivity contribution in [2.24, 2.45) is 0 Å². The minimum Gasteiger partial charge on any atom is -0.277 e. The Balaban J connectivity index is 0.000000963. The van der Waals surface area contributed by atoms with E-state index in [1.807, 2.05) is 42.5 Å². The fraction of sp³-hybridized carbons (Fsp3) is 0. The minimum absolute atomic E-state index is 0. The molecule has 0 atom stereocenters. The lowest BCUT2D eigenvalue weighted by atomic mass is 10.1. The molecule has 0 aliphatic carbocycles. The van der Waals surface area contributed by atoms with E-state index in [0.29, 0.717) is 0 Å². The van der Waals surface area contributed by atoms with E-state index in [-0.39, 0.29) is 12.4 Å². The summed E-state index contributed by atoms with van der Waals surface area (Å²) in [7, 11) is 0. The first-order valence-electron chi connectivity index (χ1n) is 4.80. The van der Waals surface area contributed by atoms with Crippen LogP contribution in [-0.2, 0) is 0 Å². The van der Waals surface area contributed by atoms with Crippen molar-refractivity contribution in [1.82, 2.24) is 15.2 Å². The molecule has 0 spiro atoms. The lowest BCUT2D eigenvalue weighted by Gasteiger charge is -1.94. The molecule has 3 nitrogen and oxygen atoms in total. The Kier molecular flexibility index (Phi) is 2.88. The molecular formula is C12H10ClN3. The van der Waals surface area contributed by atoms with Gasteiger partial charge in [0, 0.05) is 11.6 Å². The number of nitrogens with zero attached hydrogens (tertiary/aromatic N) is 2. The van der Waals surface area contributed by atoms with E-state index < -0.39 is 0 Å². The average Bonchev–Trinajstić information content (AvgIpc) is 2.74. The van der Waals surface area contributed by atoms with Crippen LogP contribution in [0.5, 0.6) is 0 Å². The Morgan fingerprint density at radius 1 is 0.938 bits per heavy atom. The van der Waals surface area contributed by atoms with E-state index in [4.69, 9.17) is 0 Å². The third-order valence-corrected chi connectivity index (χ3v) is 2.38. The van der Waals surface area contributed by atoms with E-state index in [2.05, 4.69) is 15.2 Å². The van der Waals surface area contributed by atoms with Gasteiger partial charge in [0.15, 0.2) is 0 Å². The number of H-pyrrole nitrogens is 1. The monoisotopic (exact) mass is 231 g/mol. The van der Waals surface area contributed by atoms with Gasteiger partial charge < -0.3 is 0 Å². The zero-order chi connectivity index (χ0) is 10.1. The number of pyridine rings is 1. The number of benzene rings is 1. The van der Waals surface area contributed by atoms with Crippen molar-refractivity contribution < 1.29 is 0 Å². The highest BCUT2D eigenvalue weighted by molar-refractivity contribution is 5.91. The maximum absolute atomic E-state index is 4.29. The molecule has 3 rings (SSSR count). The first-order chi connectivity index (χ1) is 7.45. The first kappa shape index (κ1) is 10.6. The second kappa shape index (κ2) is 4.33. The van der Waals surface area contributed by atoms with E-state index in [9.17, 15) is 0 Å². The lowest BCUT2D eigenvalue weighted by Crippen LogP contribution is -1.82. The number of rotatable bonds is 1. The van der Waals surface area contributed by atoms with Crippen LogP contribution in [0.3, 0.4) is 0 Å². The maximum Gasteiger partial charge on any atom is 0.118 e. The standard InChI is InChI=1S/C12H9N3.ClH/c1-2-6-10-9(5-1)12(15-14-10)11-7-3-4-8-13-11;/h1-8H,(H,14,15);1H. The summed E-state index contributed by atoms with van der Waals surface area (Å²) in [4.78, 5) is 4.29. The van der Waals surface area contributed by atoms with Crippen molar-refractivity contribution in [3.63, 3.8) is 0 Å². The summed E-state index contributed by atoms with van der Waals surface area (Å²) < 4.78 is 0. The second-order valence-corrected chi connectivity index (χ2v) is 3.33. The molecule has 0 aliphatic heterocycles. The smallest absolute Gasteiger partial charge is 0.118 e. The molecule has 1 aromatic carbocycles. The molecular weight excluding hydrogens is 222 g/mol. The van der Waals surface area contributed by atoms with Gasteiger partial charge in [0.25, 0.3) is 0 Å². The topological polar surface area (TPSA) is 41.6 Å². The molecule has 2 heterocycles. The van der Waals surface area contributed by atoms with Crippen LogP contribution in [0.25, 0.3) is 22.3 Å². The predicted molar refractivity (Wildman–Crippen MR) is 66.6 cm³/mol. The number of aromatic amines is 1. The number of fused-ring (bicyclic) bond motifs is 1. The van der Waals surface area contributed by atoms with Crippen molar-refractivity contribution in [2.75, 3.05) is 0 Å². The van der Waals surface area contributed by atoms with Gasteiger partial charge in [0.05, 0.1) is 11.2 Å². The summed E-state index contributed by atoms with van der Waals surface area (Å²) in [6.07, 6.45) is 1.78. The maximum atomic E-state index is 4.29. The molecule has 0 aliphatic rings. The second-order valence-electron chi connectivity index (χ2n) is 3.33. The Morgan fingerprint density at radius 3 is 2.56 bits per heavy atom. The number of halogens is 1. The number of hydrogen-bond acceptors (Lipinski definition) is 2. The van der Waals surface area contributed by atoms with Gasteiger partial charge >= 0.3 is 0 Å². The summed E-state index contributed by atoms with van der Waals surface area (Å²) >= 11 is 0. The molecule has 0 radical (unpaired) electrons. The Hall–Kier alpha value is -1.87. The summed E-state index contributed by atoms with van der Waals surface area (Å²) in [6, 6.07) is 13.9. The molecule has 2 aromatic heterocycles. The lowest BCUT2D eigenvalue weighted by molar-refractivity contribution is 1.11. The number of aromatic nitrogens is 3. The quantitative estimate of drug-likeness (QED) is 0.700. The molecule has 16 heavy (non-hydrogen) atoms. The van der Waals surface area contributed by atoms with Gasteiger partial charge in [-0.25, -0.2) is 0 Å². The highest BCUT2D eigenvalue weighted by Crippen LogP contribution is 2.23. The number of nitrogens with one attached hydrogen (secondary N) is 1. The fourth-order valence-electron chi connectivity index (χ4n) is 1.66. The van der Waals surface area contributed by atoms with Crippen LogP contribution in [0.1, 0.15) is 0 Å².